The molecular weight excluding hydrogens is 452 g/mol. The van der Waals surface area contributed by atoms with Gasteiger partial charge in [-0.2, -0.15) is 0 Å². The Balaban J connectivity index is 2.64. The molecule has 2 aromatic rings. The molecule has 23 heavy (non-hydrogen) atoms. The van der Waals surface area contributed by atoms with Crippen molar-refractivity contribution in [3.8, 4) is 0 Å². The van der Waals surface area contributed by atoms with Crippen LogP contribution < -0.4 is 0 Å². The number of halogens is 3. The quantitative estimate of drug-likeness (QED) is 0.482. The number of pyridine rings is 1. The number of fused-ring (bicyclic) bond motifs is 1. The Morgan fingerprint density at radius 3 is 2.30 bits per heavy atom. The molecule has 0 saturated heterocycles. The first kappa shape index (κ1) is 18.7. The molecule has 5 nitrogen and oxygen atoms in total. The van der Waals surface area contributed by atoms with E-state index in [2.05, 4.69) is 46.6 Å². The maximum atomic E-state index is 12.9. The molecule has 0 spiro atoms. The Morgan fingerprint density at radius 2 is 1.70 bits per heavy atom. The Hall–Kier alpha value is -0.630. The van der Waals surface area contributed by atoms with Gasteiger partial charge < -0.3 is 0 Å². The van der Waals surface area contributed by atoms with Crippen LogP contribution in [-0.2, 0) is 9.05 Å². The number of aromatic nitrogens is 1. The topological polar surface area (TPSA) is 65.5 Å². The Labute approximate surface area is 142 Å². The van der Waals surface area contributed by atoms with E-state index in [-0.39, 0.29) is 16.8 Å². The van der Waals surface area contributed by atoms with Crippen molar-refractivity contribution < 1.29 is 27.0 Å². The van der Waals surface area contributed by atoms with Gasteiger partial charge in [0.2, 0.25) is 0 Å². The summed E-state index contributed by atoms with van der Waals surface area (Å²) >= 11 is 3.23. The third-order valence-corrected chi connectivity index (χ3v) is 4.13. The predicted octanol–water partition coefficient (Wildman–Crippen LogP) is 6.52. The fraction of sp³-hybridized carbons (Fsp3) is 0. The Bertz CT molecular complexity index is 965. The van der Waals surface area contributed by atoms with E-state index in [0.29, 0.717) is 9.86 Å². The predicted molar refractivity (Wildman–Crippen MR) is 90.2 cm³/mol. The van der Waals surface area contributed by atoms with E-state index in [1.54, 1.807) is 12.1 Å². The van der Waals surface area contributed by atoms with E-state index in [0.717, 1.165) is 6.07 Å². The van der Waals surface area contributed by atoms with Crippen LogP contribution in [0, 0.1) is 0 Å². The molecule has 1 aromatic carbocycles. The van der Waals surface area contributed by atoms with Gasteiger partial charge in [-0.1, -0.05) is 0 Å². The van der Waals surface area contributed by atoms with Crippen LogP contribution in [0.2, 0.25) is 0 Å². The molecule has 0 N–H and O–H groups in total. The molecule has 2 atom stereocenters. The van der Waals surface area contributed by atoms with E-state index in [4.69, 9.17) is 0 Å². The summed E-state index contributed by atoms with van der Waals surface area (Å²) in [4.78, 5) is 27.8. The summed E-state index contributed by atoms with van der Waals surface area (Å²) in [7, 11) is 1.28. The number of benzene rings is 1. The van der Waals surface area contributed by atoms with Crippen molar-refractivity contribution in [3.05, 3.63) is 40.0 Å². The molecule has 12 heteroatoms. The van der Waals surface area contributed by atoms with Crippen LogP contribution in [0.25, 0.3) is 10.9 Å². The van der Waals surface area contributed by atoms with Gasteiger partial charge in [-0.15, -0.1) is 0 Å². The van der Waals surface area contributed by atoms with Gasteiger partial charge in [0, 0.05) is 0 Å². The number of hydrogen-bond acceptors (Lipinski definition) is 5. The van der Waals surface area contributed by atoms with Crippen molar-refractivity contribution >= 4 is 70.6 Å². The first-order valence-electron chi connectivity index (χ1n) is 5.62. The van der Waals surface area contributed by atoms with Crippen molar-refractivity contribution in [1.29, 1.82) is 0 Å². The fourth-order valence-electron chi connectivity index (χ4n) is 1.70. The van der Waals surface area contributed by atoms with Gasteiger partial charge in [-0.25, -0.2) is 0 Å². The first-order chi connectivity index (χ1) is 10.8. The average Bonchev–Trinajstić information content (AvgIpc) is 2.44. The van der Waals surface area contributed by atoms with Crippen molar-refractivity contribution in [2.75, 3.05) is 0 Å². The maximum absolute atomic E-state index is 12.9. The van der Waals surface area contributed by atoms with E-state index in [1.165, 1.54) is 6.07 Å². The van der Waals surface area contributed by atoms with Crippen LogP contribution >= 0.6 is 47.7 Å². The molecule has 0 aliphatic rings. The van der Waals surface area contributed by atoms with Crippen LogP contribution in [-0.4, -0.2) is 16.9 Å². The minimum atomic E-state index is -2.74. The van der Waals surface area contributed by atoms with Gasteiger partial charge in [0.25, 0.3) is 0 Å². The van der Waals surface area contributed by atoms with Crippen molar-refractivity contribution in [2.24, 2.45) is 0 Å². The van der Waals surface area contributed by atoms with E-state index < -0.39 is 27.1 Å². The van der Waals surface area contributed by atoms with Crippen molar-refractivity contribution in [2.45, 2.75) is 0 Å². The summed E-state index contributed by atoms with van der Waals surface area (Å²) in [5, 5.41) is 0.319. The Kier molecular flexibility index (Phi) is 6.48. The summed E-state index contributed by atoms with van der Waals surface area (Å²) in [5.41, 5.74) is -0.197. The average molecular weight is 456 g/mol. The summed E-state index contributed by atoms with van der Waals surface area (Å²) in [6, 6.07) is 5.73. The monoisotopic (exact) mass is 455 g/mol. The molecular formula is C11H4BrF2NO4P4. The molecule has 118 valence electrons. The fourth-order valence-corrected chi connectivity index (χ4v) is 2.98. The molecule has 0 aliphatic carbocycles. The summed E-state index contributed by atoms with van der Waals surface area (Å²) in [6.45, 7) is 0. The summed E-state index contributed by atoms with van der Waals surface area (Å²) < 4.78 is 35.0. The van der Waals surface area contributed by atoms with Gasteiger partial charge in [0.15, 0.2) is 0 Å². The number of carbonyl (C=O) groups excluding carboxylic acids is 2. The minimum absolute atomic E-state index is 0.121. The van der Waals surface area contributed by atoms with Crippen LogP contribution in [0.3, 0.4) is 0 Å². The zero-order chi connectivity index (χ0) is 17.1. The van der Waals surface area contributed by atoms with Gasteiger partial charge >= 0.3 is 143 Å². The molecule has 0 aliphatic heterocycles. The molecule has 0 radical (unpaired) electrons. The molecule has 0 saturated carbocycles. The molecule has 1 heterocycles. The van der Waals surface area contributed by atoms with Crippen LogP contribution in [0.4, 0.5) is 8.39 Å². The second-order valence-corrected chi connectivity index (χ2v) is 8.00. The van der Waals surface area contributed by atoms with Crippen LogP contribution in [0.15, 0.2) is 28.7 Å². The molecule has 1 aromatic heterocycles. The summed E-state index contributed by atoms with van der Waals surface area (Å²) in [6.07, 6.45) is 0. The van der Waals surface area contributed by atoms with Crippen molar-refractivity contribution in [1.82, 2.24) is 4.98 Å². The number of carbonyl (C=O) groups is 2. The molecule has 2 rings (SSSR count). The number of nitrogens with zero attached hydrogens (tertiary/aromatic N) is 1. The van der Waals surface area contributed by atoms with Crippen molar-refractivity contribution in [3.63, 3.8) is 0 Å². The molecule has 0 amide bonds. The number of hydrogen-bond donors (Lipinski definition) is 0. The number of rotatable bonds is 2. The standard InChI is InChI=1S/C11H4BrF2NO4P4/c12-5-1-2-8-6(3-5)7(10(16)18-22(13)20)4-9(15-8)11(17)19-23(14)21/h1-4H. The molecule has 0 fully saturated rings. The first-order valence-corrected chi connectivity index (χ1v) is 11.0. The summed E-state index contributed by atoms with van der Waals surface area (Å²) in [5.74, 6) is -2.12. The second-order valence-electron chi connectivity index (χ2n) is 3.93. The SMILES string of the molecule is O=C(OP(F)#P)c1cc(C(=O)OP(F)#P)c2cc(Br)ccc2n1. The van der Waals surface area contributed by atoms with Gasteiger partial charge in [-0.3, -0.25) is 0 Å². The molecule has 0 bridgehead atoms. The third-order valence-electron chi connectivity index (χ3n) is 2.52. The Morgan fingerprint density at radius 1 is 1.09 bits per heavy atom. The zero-order valence-corrected chi connectivity index (χ0v) is 16.0. The zero-order valence-electron chi connectivity index (χ0n) is 10.8. The van der Waals surface area contributed by atoms with E-state index >= 15 is 0 Å². The van der Waals surface area contributed by atoms with Gasteiger partial charge in [0.05, 0.1) is 0 Å². The normalized spacial score (nSPS) is 11.7. The van der Waals surface area contributed by atoms with E-state index in [1.807, 2.05) is 0 Å². The van der Waals surface area contributed by atoms with Crippen LogP contribution in [0.1, 0.15) is 20.8 Å². The third kappa shape index (κ3) is 4.92. The van der Waals surface area contributed by atoms with Gasteiger partial charge in [0.1, 0.15) is 0 Å². The molecule has 2 unspecified atom stereocenters. The second kappa shape index (κ2) is 7.96. The van der Waals surface area contributed by atoms with Crippen LogP contribution in [0.5, 0.6) is 0 Å². The van der Waals surface area contributed by atoms with E-state index in [9.17, 15) is 18.0 Å². The van der Waals surface area contributed by atoms with Gasteiger partial charge in [-0.05, 0) is 0 Å².